The monoisotopic (exact) mass is 564 g/mol. The lowest BCUT2D eigenvalue weighted by molar-refractivity contribution is -0.384. The number of ether oxygens (including phenoxy) is 5. The fourth-order valence-corrected chi connectivity index (χ4v) is 5.17. The van der Waals surface area contributed by atoms with Crippen LogP contribution in [0.1, 0.15) is 53.9 Å². The second-order valence-electron chi connectivity index (χ2n) is 11.4. The molecule has 1 spiro atoms. The first-order valence-electron chi connectivity index (χ1n) is 13.3. The number of aliphatic hydroxyl groups excluding tert-OH is 1. The number of methoxy groups -OCH3 is 1. The van der Waals surface area contributed by atoms with Gasteiger partial charge in [0.25, 0.3) is 5.69 Å². The molecular weight excluding hydrogens is 524 g/mol. The molecular formula is C28H40N2O10. The summed E-state index contributed by atoms with van der Waals surface area (Å²) in [7, 11) is 1.57. The van der Waals surface area contributed by atoms with Gasteiger partial charge in [-0.25, -0.2) is 9.59 Å². The standard InChI is InChI=1S/C28H40N2O10/c1-17(2)7-12-21(31)18(3)23-24(36-6)22(13-14-28(23)16-38-28)40-25(32)29-27(4,5)15-37-26(33)39-20-10-8-19(9-11-20)30(34)35/h7-11,18,21-24,31H,12-16H2,1-6H3,(H,29,32)/t18?,21-,22?,23?,24?,28+/m1/s1. The highest BCUT2D eigenvalue weighted by atomic mass is 16.7. The fraction of sp³-hybridized carbons (Fsp3) is 0.643. The van der Waals surface area contributed by atoms with Gasteiger partial charge in [0.1, 0.15) is 24.6 Å². The summed E-state index contributed by atoms with van der Waals surface area (Å²) in [5.41, 5.74) is -0.408. The van der Waals surface area contributed by atoms with E-state index in [1.54, 1.807) is 21.0 Å². The van der Waals surface area contributed by atoms with Crippen molar-refractivity contribution < 1.29 is 43.3 Å². The van der Waals surface area contributed by atoms with Crippen molar-refractivity contribution in [2.24, 2.45) is 11.8 Å². The molecule has 1 aliphatic heterocycles. The van der Waals surface area contributed by atoms with Crippen LogP contribution in [0.2, 0.25) is 0 Å². The van der Waals surface area contributed by atoms with Crippen LogP contribution in [-0.4, -0.2) is 72.1 Å². The van der Waals surface area contributed by atoms with E-state index in [-0.39, 0.29) is 35.5 Å². The number of carbonyl (C=O) groups excluding carboxylic acids is 2. The maximum Gasteiger partial charge on any atom is 0.513 e. The summed E-state index contributed by atoms with van der Waals surface area (Å²) in [5, 5.41) is 24.3. The number of carbonyl (C=O) groups is 2. The van der Waals surface area contributed by atoms with Gasteiger partial charge < -0.3 is 34.1 Å². The number of alkyl carbamates (subject to hydrolysis) is 1. The molecule has 1 saturated heterocycles. The molecule has 0 bridgehead atoms. The Morgan fingerprint density at radius 2 is 1.95 bits per heavy atom. The van der Waals surface area contributed by atoms with E-state index in [4.69, 9.17) is 23.7 Å². The van der Waals surface area contributed by atoms with E-state index in [2.05, 4.69) is 5.32 Å². The lowest BCUT2D eigenvalue weighted by Crippen LogP contribution is -2.56. The van der Waals surface area contributed by atoms with Crippen LogP contribution < -0.4 is 10.1 Å². The molecule has 1 aliphatic carbocycles. The van der Waals surface area contributed by atoms with E-state index < -0.39 is 41.0 Å². The normalized spacial score (nSPS) is 25.3. The van der Waals surface area contributed by atoms with Crippen molar-refractivity contribution in [1.29, 1.82) is 0 Å². The second-order valence-corrected chi connectivity index (χ2v) is 11.4. The van der Waals surface area contributed by atoms with Crippen molar-refractivity contribution in [3.63, 3.8) is 0 Å². The molecule has 1 aromatic carbocycles. The quantitative estimate of drug-likeness (QED) is 0.0976. The predicted octanol–water partition coefficient (Wildman–Crippen LogP) is 4.53. The van der Waals surface area contributed by atoms with E-state index in [0.29, 0.717) is 25.9 Å². The molecule has 1 heterocycles. The van der Waals surface area contributed by atoms with E-state index >= 15 is 0 Å². The molecule has 4 unspecified atom stereocenters. The van der Waals surface area contributed by atoms with E-state index in [0.717, 1.165) is 5.57 Å². The van der Waals surface area contributed by atoms with Crippen molar-refractivity contribution in [2.75, 3.05) is 20.3 Å². The third-order valence-corrected chi connectivity index (χ3v) is 7.41. The molecule has 3 rings (SSSR count). The summed E-state index contributed by atoms with van der Waals surface area (Å²) >= 11 is 0. The van der Waals surface area contributed by atoms with Crippen LogP contribution in [0.15, 0.2) is 35.9 Å². The van der Waals surface area contributed by atoms with Crippen LogP contribution in [0.4, 0.5) is 15.3 Å². The highest BCUT2D eigenvalue weighted by Crippen LogP contribution is 2.51. The van der Waals surface area contributed by atoms with Gasteiger partial charge in [0.15, 0.2) is 0 Å². The summed E-state index contributed by atoms with van der Waals surface area (Å²) in [6.07, 6.45) is 0.358. The Morgan fingerprint density at radius 3 is 2.50 bits per heavy atom. The third-order valence-electron chi connectivity index (χ3n) is 7.41. The van der Waals surface area contributed by atoms with Gasteiger partial charge in [-0.15, -0.1) is 0 Å². The predicted molar refractivity (Wildman–Crippen MR) is 144 cm³/mol. The van der Waals surface area contributed by atoms with Crippen molar-refractivity contribution in [3.8, 4) is 5.75 Å². The van der Waals surface area contributed by atoms with Crippen LogP contribution in [0.5, 0.6) is 5.75 Å². The number of hydrogen-bond acceptors (Lipinski definition) is 10. The molecule has 12 nitrogen and oxygen atoms in total. The molecule has 6 atom stereocenters. The number of nitro groups is 1. The molecule has 12 heteroatoms. The Bertz CT molecular complexity index is 1080. The number of allylic oxidation sites excluding steroid dienone is 1. The number of rotatable bonds is 11. The van der Waals surface area contributed by atoms with Gasteiger partial charge in [-0.2, -0.15) is 0 Å². The first kappa shape index (κ1) is 31.3. The molecule has 2 N–H and O–H groups in total. The highest BCUT2D eigenvalue weighted by molar-refractivity contribution is 5.69. The number of aliphatic hydroxyl groups is 1. The Hall–Kier alpha value is -3.22. The number of non-ortho nitro benzene ring substituents is 1. The number of nitrogens with zero attached hydrogens (tertiary/aromatic N) is 1. The smallest absolute Gasteiger partial charge is 0.443 e. The number of hydrogen-bond donors (Lipinski definition) is 2. The number of nitro benzene ring substituents is 1. The lowest BCUT2D eigenvalue weighted by atomic mass is 9.68. The Morgan fingerprint density at radius 1 is 1.30 bits per heavy atom. The molecule has 2 aliphatic rings. The first-order valence-corrected chi connectivity index (χ1v) is 13.3. The van der Waals surface area contributed by atoms with Gasteiger partial charge in [-0.05, 0) is 65.0 Å². The van der Waals surface area contributed by atoms with Crippen LogP contribution in [0.3, 0.4) is 0 Å². The summed E-state index contributed by atoms with van der Waals surface area (Å²) in [4.78, 5) is 35.1. The van der Waals surface area contributed by atoms with Gasteiger partial charge in [-0.1, -0.05) is 18.6 Å². The zero-order chi connectivity index (χ0) is 29.7. The molecule has 1 aromatic rings. The largest absolute Gasteiger partial charge is 0.513 e. The molecule has 0 aromatic heterocycles. The lowest BCUT2D eigenvalue weighted by Gasteiger charge is -2.44. The maximum absolute atomic E-state index is 12.9. The minimum Gasteiger partial charge on any atom is -0.443 e. The number of amides is 1. The van der Waals surface area contributed by atoms with Crippen molar-refractivity contribution in [3.05, 3.63) is 46.0 Å². The maximum atomic E-state index is 12.9. The number of epoxide rings is 1. The van der Waals surface area contributed by atoms with E-state index in [1.807, 2.05) is 26.8 Å². The van der Waals surface area contributed by atoms with E-state index in [1.165, 1.54) is 24.3 Å². The Balaban J connectivity index is 1.55. The molecule has 1 amide bonds. The van der Waals surface area contributed by atoms with Gasteiger partial charge in [0.2, 0.25) is 0 Å². The zero-order valence-corrected chi connectivity index (χ0v) is 23.9. The first-order chi connectivity index (χ1) is 18.8. The SMILES string of the molecule is COC1C(OC(=O)NC(C)(C)COC(=O)Oc2ccc([N+](=O)[O-])cc2)CC[C@]2(CO2)C1C(C)[C@H](O)CC=C(C)C. The minimum absolute atomic E-state index is 0.0795. The van der Waals surface area contributed by atoms with Gasteiger partial charge in [0.05, 0.1) is 28.8 Å². The van der Waals surface area contributed by atoms with Gasteiger partial charge in [0, 0.05) is 25.2 Å². The summed E-state index contributed by atoms with van der Waals surface area (Å²) in [6, 6.07) is 4.97. The minimum atomic E-state index is -1.03. The average molecular weight is 565 g/mol. The molecule has 1 saturated carbocycles. The topological polar surface area (TPSA) is 159 Å². The van der Waals surface area contributed by atoms with Crippen molar-refractivity contribution in [1.82, 2.24) is 5.32 Å². The van der Waals surface area contributed by atoms with Crippen molar-refractivity contribution >= 4 is 17.9 Å². The number of benzene rings is 1. The fourth-order valence-electron chi connectivity index (χ4n) is 5.17. The molecule has 40 heavy (non-hydrogen) atoms. The summed E-state index contributed by atoms with van der Waals surface area (Å²) < 4.78 is 27.7. The van der Waals surface area contributed by atoms with Crippen LogP contribution in [-0.2, 0) is 18.9 Å². The van der Waals surface area contributed by atoms with Gasteiger partial charge in [-0.3, -0.25) is 10.1 Å². The van der Waals surface area contributed by atoms with E-state index in [9.17, 15) is 24.8 Å². The van der Waals surface area contributed by atoms with Crippen LogP contribution in [0.25, 0.3) is 0 Å². The highest BCUT2D eigenvalue weighted by Gasteiger charge is 2.61. The Labute approximate surface area is 234 Å². The average Bonchev–Trinajstić information content (AvgIpc) is 3.66. The number of nitrogens with one attached hydrogen (secondary N) is 1. The molecule has 2 fully saturated rings. The molecule has 222 valence electrons. The molecule has 0 radical (unpaired) electrons. The third kappa shape index (κ3) is 8.15. The second kappa shape index (κ2) is 13.0. The van der Waals surface area contributed by atoms with Crippen molar-refractivity contribution in [2.45, 2.75) is 83.3 Å². The van der Waals surface area contributed by atoms with Crippen LogP contribution in [0, 0.1) is 22.0 Å². The summed E-state index contributed by atoms with van der Waals surface area (Å²) in [6.45, 7) is 9.61. The van der Waals surface area contributed by atoms with Crippen LogP contribution >= 0.6 is 0 Å². The Kier molecular flexibility index (Phi) is 10.1. The summed E-state index contributed by atoms with van der Waals surface area (Å²) in [5.74, 6) is -0.255. The van der Waals surface area contributed by atoms with Gasteiger partial charge >= 0.3 is 12.2 Å². The zero-order valence-electron chi connectivity index (χ0n) is 23.9.